The second-order valence-electron chi connectivity index (χ2n) is 9.92. The lowest BCUT2D eigenvalue weighted by molar-refractivity contribution is -0.136. The van der Waals surface area contributed by atoms with Crippen molar-refractivity contribution in [3.63, 3.8) is 0 Å². The fourth-order valence-corrected chi connectivity index (χ4v) is 7.94. The summed E-state index contributed by atoms with van der Waals surface area (Å²) in [5.41, 5.74) is 5.58. The van der Waals surface area contributed by atoms with E-state index >= 15 is 0 Å². The Bertz CT molecular complexity index is 1000. The first-order chi connectivity index (χ1) is 13.7. The Morgan fingerprint density at radius 3 is 2.21 bits per heavy atom. The zero-order valence-corrected chi connectivity index (χ0v) is 16.8. The molecule has 0 aliphatic heterocycles. The summed E-state index contributed by atoms with van der Waals surface area (Å²) in [6, 6.07) is 1.15. The Morgan fingerprint density at radius 1 is 1.10 bits per heavy atom. The monoisotopic (exact) mass is 420 g/mol. The van der Waals surface area contributed by atoms with Crippen LogP contribution in [0.4, 0.5) is 18.9 Å². The maximum atomic E-state index is 13.8. The Morgan fingerprint density at radius 2 is 1.69 bits per heavy atom. The van der Waals surface area contributed by atoms with Gasteiger partial charge in [-0.25, -0.2) is 4.98 Å². The highest BCUT2D eigenvalue weighted by atomic mass is 32.1. The quantitative estimate of drug-likeness (QED) is 0.604. The van der Waals surface area contributed by atoms with E-state index < -0.39 is 17.2 Å². The van der Waals surface area contributed by atoms with Crippen LogP contribution in [0.25, 0.3) is 10.2 Å². The highest BCUT2D eigenvalue weighted by Crippen LogP contribution is 2.62. The lowest BCUT2D eigenvalue weighted by Gasteiger charge is -2.55. The van der Waals surface area contributed by atoms with Crippen molar-refractivity contribution in [2.75, 3.05) is 5.73 Å². The zero-order chi connectivity index (χ0) is 20.1. The highest BCUT2D eigenvalue weighted by molar-refractivity contribution is 7.21. The van der Waals surface area contributed by atoms with Crippen molar-refractivity contribution in [2.45, 2.75) is 63.5 Å². The molecule has 5 fully saturated rings. The first-order valence-corrected chi connectivity index (χ1v) is 11.4. The topological polar surface area (TPSA) is 56.0 Å². The summed E-state index contributed by atoms with van der Waals surface area (Å²) in [5.74, 6) is 1.85. The smallest absolute Gasteiger partial charge is 0.397 e. The number of ketones is 1. The summed E-state index contributed by atoms with van der Waals surface area (Å²) in [6.07, 6.45) is 3.47. The second kappa shape index (κ2) is 5.74. The van der Waals surface area contributed by atoms with Crippen LogP contribution in [0.1, 0.15) is 78.2 Å². The van der Waals surface area contributed by atoms with Gasteiger partial charge in [0.2, 0.25) is 0 Å². The number of carbonyl (C=O) groups is 1. The lowest BCUT2D eigenvalue weighted by atomic mass is 9.48. The van der Waals surface area contributed by atoms with E-state index in [0.717, 1.165) is 49.5 Å². The van der Waals surface area contributed by atoms with Crippen LogP contribution in [-0.2, 0) is 6.18 Å². The molecule has 0 radical (unpaired) electrons. The number of alkyl halides is 3. The summed E-state index contributed by atoms with van der Waals surface area (Å²) in [4.78, 5) is 18.8. The third-order valence-electron chi connectivity index (χ3n) is 7.75. The van der Waals surface area contributed by atoms with E-state index in [1.807, 2.05) is 0 Å². The number of nitrogen functional groups attached to an aromatic ring is 1. The predicted octanol–water partition coefficient (Wildman–Crippen LogP) is 6.17. The third kappa shape index (κ3) is 2.69. The Balaban J connectivity index is 1.48. The number of hydrogen-bond donors (Lipinski definition) is 1. The third-order valence-corrected chi connectivity index (χ3v) is 8.84. The molecule has 0 saturated heterocycles. The molecule has 5 aliphatic carbocycles. The average molecular weight is 421 g/mol. The van der Waals surface area contributed by atoms with E-state index in [1.54, 1.807) is 0 Å². The van der Waals surface area contributed by atoms with Crippen LogP contribution in [0.15, 0.2) is 6.07 Å². The van der Waals surface area contributed by atoms with Gasteiger partial charge in [-0.05, 0) is 75.2 Å². The number of fused-ring (bicyclic) bond motifs is 1. The van der Waals surface area contributed by atoms with E-state index in [-0.39, 0.29) is 27.6 Å². The summed E-state index contributed by atoms with van der Waals surface area (Å²) in [7, 11) is 0. The molecule has 5 aliphatic rings. The van der Waals surface area contributed by atoms with Gasteiger partial charge >= 0.3 is 6.18 Å². The molecule has 2 aromatic heterocycles. The van der Waals surface area contributed by atoms with Gasteiger partial charge in [0.1, 0.15) is 4.83 Å². The van der Waals surface area contributed by atoms with Gasteiger partial charge in [0, 0.05) is 22.4 Å². The fourth-order valence-electron chi connectivity index (χ4n) is 6.75. The molecule has 7 rings (SSSR count). The van der Waals surface area contributed by atoms with Crippen molar-refractivity contribution in [3.05, 3.63) is 22.2 Å². The molecule has 0 spiro atoms. The van der Waals surface area contributed by atoms with Crippen LogP contribution in [0.5, 0.6) is 0 Å². The molecule has 3 nitrogen and oxygen atoms in total. The van der Waals surface area contributed by atoms with Crippen molar-refractivity contribution >= 4 is 33.0 Å². The Hall–Kier alpha value is -1.63. The first-order valence-electron chi connectivity index (χ1n) is 10.6. The number of halogens is 3. The normalized spacial score (nSPS) is 33.6. The molecule has 0 unspecified atom stereocenters. The number of thiophene rings is 1. The Labute approximate surface area is 170 Å². The minimum absolute atomic E-state index is 0.00656. The van der Waals surface area contributed by atoms with Gasteiger partial charge in [0.15, 0.2) is 5.78 Å². The number of rotatable bonds is 3. The molecule has 0 amide bonds. The number of nitrogens with zero attached hydrogens (tertiary/aromatic N) is 1. The number of aromatic nitrogens is 1. The van der Waals surface area contributed by atoms with Gasteiger partial charge in [-0.3, -0.25) is 4.79 Å². The van der Waals surface area contributed by atoms with Crippen molar-refractivity contribution in [1.29, 1.82) is 0 Å². The maximum Gasteiger partial charge on any atom is 0.417 e. The summed E-state index contributed by atoms with van der Waals surface area (Å²) in [5, 5.41) is -0.0695. The van der Waals surface area contributed by atoms with E-state index in [2.05, 4.69) is 4.98 Å². The van der Waals surface area contributed by atoms with Gasteiger partial charge in [-0.2, -0.15) is 13.2 Å². The number of Topliss-reactive ketones (excluding diaryl/α,β-unsaturated/α-hetero) is 1. The molecule has 2 N–H and O–H groups in total. The van der Waals surface area contributed by atoms with Gasteiger partial charge in [-0.15, -0.1) is 11.3 Å². The molecule has 4 bridgehead atoms. The molecule has 0 aromatic carbocycles. The molecule has 5 saturated carbocycles. The van der Waals surface area contributed by atoms with E-state index in [4.69, 9.17) is 5.73 Å². The van der Waals surface area contributed by atoms with Crippen LogP contribution in [0.2, 0.25) is 0 Å². The molecule has 2 aromatic rings. The van der Waals surface area contributed by atoms with Gasteiger partial charge in [-0.1, -0.05) is 0 Å². The van der Waals surface area contributed by atoms with Crippen molar-refractivity contribution in [2.24, 2.45) is 23.2 Å². The largest absolute Gasteiger partial charge is 0.417 e. The molecule has 2 heterocycles. The molecule has 7 heteroatoms. The maximum absolute atomic E-state index is 13.8. The summed E-state index contributed by atoms with van der Waals surface area (Å²) < 4.78 is 41.5. The number of carbonyl (C=O) groups excluding carboxylic acids is 1. The van der Waals surface area contributed by atoms with Crippen molar-refractivity contribution < 1.29 is 18.0 Å². The van der Waals surface area contributed by atoms with E-state index in [1.165, 1.54) is 19.3 Å². The molecule has 154 valence electrons. The van der Waals surface area contributed by atoms with Gasteiger partial charge in [0.25, 0.3) is 0 Å². The van der Waals surface area contributed by atoms with Crippen LogP contribution < -0.4 is 5.73 Å². The van der Waals surface area contributed by atoms with Crippen LogP contribution in [0, 0.1) is 23.2 Å². The van der Waals surface area contributed by atoms with Crippen molar-refractivity contribution in [3.8, 4) is 0 Å². The fraction of sp³-hybridized carbons (Fsp3) is 0.636. The zero-order valence-electron chi connectivity index (χ0n) is 16.0. The highest BCUT2D eigenvalue weighted by Gasteiger charge is 2.55. The average Bonchev–Trinajstić information content (AvgIpc) is 3.43. The second-order valence-corrected chi connectivity index (χ2v) is 10.9. The molecule has 0 atom stereocenters. The van der Waals surface area contributed by atoms with Gasteiger partial charge in [0.05, 0.1) is 16.1 Å². The number of nitrogens with two attached hydrogens (primary N) is 1. The first kappa shape index (κ1) is 18.2. The SMILES string of the molecule is Nc1c(C(=O)C23CC4CC(CC(C4)C2)C3)sc2nc(C3CC3)cc(C(F)(F)F)c12. The number of hydrogen-bond acceptors (Lipinski definition) is 4. The molecular formula is C22H23F3N2OS. The summed E-state index contributed by atoms with van der Waals surface area (Å²) >= 11 is 1.08. The van der Waals surface area contributed by atoms with Crippen molar-refractivity contribution in [1.82, 2.24) is 4.98 Å². The standard InChI is InChI=1S/C22H23F3N2OS/c23-22(24,25)14-6-15(13-1-2-13)27-20-16(14)17(26)18(29-20)19(28)21-7-10-3-11(8-21)5-12(4-10)9-21/h6,10-13H,1-5,7-9,26H2. The minimum atomic E-state index is -4.51. The predicted molar refractivity (Wildman–Crippen MR) is 106 cm³/mol. The lowest BCUT2D eigenvalue weighted by Crippen LogP contribution is -2.49. The number of pyridine rings is 1. The Kier molecular flexibility index (Phi) is 3.60. The van der Waals surface area contributed by atoms with E-state index in [9.17, 15) is 18.0 Å². The van der Waals surface area contributed by atoms with Crippen LogP contribution in [-0.4, -0.2) is 10.8 Å². The molecule has 29 heavy (non-hydrogen) atoms. The minimum Gasteiger partial charge on any atom is -0.397 e. The number of anilines is 1. The molecular weight excluding hydrogens is 397 g/mol. The van der Waals surface area contributed by atoms with Crippen LogP contribution in [0.3, 0.4) is 0 Å². The summed E-state index contributed by atoms with van der Waals surface area (Å²) in [6.45, 7) is 0. The van der Waals surface area contributed by atoms with Crippen LogP contribution >= 0.6 is 11.3 Å². The van der Waals surface area contributed by atoms with Gasteiger partial charge < -0.3 is 5.73 Å². The van der Waals surface area contributed by atoms with E-state index in [0.29, 0.717) is 28.3 Å².